The molecule has 3 atom stereocenters. The van der Waals surface area contributed by atoms with Crippen LogP contribution in [0.2, 0.25) is 0 Å². The van der Waals surface area contributed by atoms with Crippen LogP contribution in [0.25, 0.3) is 0 Å². The molecule has 2 fully saturated rings. The molecule has 0 bridgehead atoms. The van der Waals surface area contributed by atoms with Crippen molar-refractivity contribution in [1.82, 2.24) is 10.2 Å². The Morgan fingerprint density at radius 1 is 1.15 bits per heavy atom. The first-order valence-electron chi connectivity index (χ1n) is 8.91. The van der Waals surface area contributed by atoms with Gasteiger partial charge in [-0.3, -0.25) is 29.4 Å². The van der Waals surface area contributed by atoms with E-state index in [9.17, 15) is 24.3 Å². The predicted molar refractivity (Wildman–Crippen MR) is 93.9 cm³/mol. The Kier molecular flexibility index (Phi) is 4.20. The van der Waals surface area contributed by atoms with Gasteiger partial charge in [0.25, 0.3) is 11.8 Å². The van der Waals surface area contributed by atoms with Gasteiger partial charge in [0, 0.05) is 31.2 Å². The number of piperidine rings is 1. The van der Waals surface area contributed by atoms with Crippen molar-refractivity contribution in [2.75, 3.05) is 18.0 Å². The van der Waals surface area contributed by atoms with Crippen LogP contribution < -0.4 is 16.0 Å². The number of imide groups is 2. The van der Waals surface area contributed by atoms with Gasteiger partial charge in [0.1, 0.15) is 6.04 Å². The van der Waals surface area contributed by atoms with Crippen molar-refractivity contribution in [3.8, 4) is 0 Å². The van der Waals surface area contributed by atoms with Crippen molar-refractivity contribution in [2.24, 2.45) is 5.73 Å². The van der Waals surface area contributed by atoms with Crippen LogP contribution in [0.15, 0.2) is 18.2 Å². The Morgan fingerprint density at radius 3 is 2.59 bits per heavy atom. The van der Waals surface area contributed by atoms with Crippen LogP contribution in [0.1, 0.15) is 40.0 Å². The number of carbonyl (C=O) groups excluding carboxylic acids is 4. The lowest BCUT2D eigenvalue weighted by molar-refractivity contribution is -0.136. The highest BCUT2D eigenvalue weighted by Crippen LogP contribution is 2.33. The molecule has 142 valence electrons. The number of nitrogens with one attached hydrogen (secondary N) is 1. The second-order valence-corrected chi connectivity index (χ2v) is 7.11. The number of aliphatic hydroxyl groups excluding tert-OH is 1. The summed E-state index contributed by atoms with van der Waals surface area (Å²) in [5, 5.41) is 12.1. The summed E-state index contributed by atoms with van der Waals surface area (Å²) < 4.78 is 0. The molecular formula is C18H20N4O5. The molecule has 4 N–H and O–H groups in total. The topological polar surface area (TPSA) is 133 Å². The van der Waals surface area contributed by atoms with Crippen molar-refractivity contribution in [3.05, 3.63) is 29.3 Å². The normalized spacial score (nSPS) is 28.0. The lowest BCUT2D eigenvalue weighted by atomic mass is 10.0. The van der Waals surface area contributed by atoms with Crippen LogP contribution in [0.5, 0.6) is 0 Å². The molecule has 4 amide bonds. The third-order valence-electron chi connectivity index (χ3n) is 5.42. The number of hydrogen-bond acceptors (Lipinski definition) is 7. The van der Waals surface area contributed by atoms with Gasteiger partial charge in [0.05, 0.1) is 17.2 Å². The number of amides is 4. The maximum atomic E-state index is 12.9. The molecule has 0 aromatic heterocycles. The molecule has 3 aliphatic rings. The minimum atomic E-state index is -0.982. The molecule has 9 heteroatoms. The number of β-amino-alcohol motifs (C(OH)–C–C–N with tert-alkyl or cyclic N) is 1. The average Bonchev–Trinajstić information content (AvgIpc) is 3.14. The van der Waals surface area contributed by atoms with Crippen molar-refractivity contribution in [1.29, 1.82) is 0 Å². The number of fused-ring (bicyclic) bond motifs is 1. The van der Waals surface area contributed by atoms with Crippen LogP contribution in [0.4, 0.5) is 5.69 Å². The molecule has 2 saturated heterocycles. The molecule has 1 aromatic carbocycles. The third-order valence-corrected chi connectivity index (χ3v) is 5.42. The first-order chi connectivity index (χ1) is 12.9. The SMILES string of the molecule is NC[C@H]1C[C@@H](O)CN1c1ccc2c(c1)C(=O)N(C1CCC(=O)NC1=O)C2=O. The summed E-state index contributed by atoms with van der Waals surface area (Å²) in [7, 11) is 0. The molecule has 1 unspecified atom stereocenters. The molecule has 0 aliphatic carbocycles. The minimum Gasteiger partial charge on any atom is -0.391 e. The van der Waals surface area contributed by atoms with Gasteiger partial charge in [-0.25, -0.2) is 0 Å². The molecule has 0 saturated carbocycles. The third kappa shape index (κ3) is 2.79. The monoisotopic (exact) mass is 372 g/mol. The van der Waals surface area contributed by atoms with Crippen molar-refractivity contribution in [3.63, 3.8) is 0 Å². The fraction of sp³-hybridized carbons (Fsp3) is 0.444. The number of anilines is 1. The van der Waals surface area contributed by atoms with Crippen LogP contribution in [0, 0.1) is 0 Å². The first-order valence-corrected chi connectivity index (χ1v) is 8.91. The predicted octanol–water partition coefficient (Wildman–Crippen LogP) is -1.01. The van der Waals surface area contributed by atoms with Gasteiger partial charge in [-0.1, -0.05) is 0 Å². The number of rotatable bonds is 3. The summed E-state index contributed by atoms with van der Waals surface area (Å²) in [6.45, 7) is 0.767. The summed E-state index contributed by atoms with van der Waals surface area (Å²) >= 11 is 0. The quantitative estimate of drug-likeness (QED) is 0.579. The summed E-state index contributed by atoms with van der Waals surface area (Å²) in [5.74, 6) is -2.12. The van der Waals surface area contributed by atoms with Gasteiger partial charge in [-0.2, -0.15) is 0 Å². The highest BCUT2D eigenvalue weighted by molar-refractivity contribution is 6.23. The molecule has 0 spiro atoms. The van der Waals surface area contributed by atoms with Gasteiger partial charge in [0.2, 0.25) is 11.8 Å². The molecule has 0 radical (unpaired) electrons. The Morgan fingerprint density at radius 2 is 1.89 bits per heavy atom. The Bertz CT molecular complexity index is 854. The summed E-state index contributed by atoms with van der Waals surface area (Å²) in [5.41, 5.74) is 6.93. The van der Waals surface area contributed by atoms with E-state index in [1.54, 1.807) is 18.2 Å². The Labute approximate surface area is 155 Å². The van der Waals surface area contributed by atoms with Crippen LogP contribution >= 0.6 is 0 Å². The lowest BCUT2D eigenvalue weighted by Gasteiger charge is -2.27. The second-order valence-electron chi connectivity index (χ2n) is 7.11. The number of aliphatic hydroxyl groups is 1. The first kappa shape index (κ1) is 17.6. The molecular weight excluding hydrogens is 352 g/mol. The number of carbonyl (C=O) groups is 4. The number of nitrogens with two attached hydrogens (primary N) is 1. The highest BCUT2D eigenvalue weighted by Gasteiger charge is 2.45. The fourth-order valence-electron chi connectivity index (χ4n) is 4.07. The van der Waals surface area contributed by atoms with E-state index in [0.29, 0.717) is 25.2 Å². The van der Waals surface area contributed by atoms with E-state index in [4.69, 9.17) is 5.73 Å². The van der Waals surface area contributed by atoms with Gasteiger partial charge < -0.3 is 15.7 Å². The van der Waals surface area contributed by atoms with E-state index in [1.807, 2.05) is 4.90 Å². The molecule has 3 heterocycles. The molecule has 9 nitrogen and oxygen atoms in total. The molecule has 4 rings (SSSR count). The zero-order valence-corrected chi connectivity index (χ0v) is 14.6. The van der Waals surface area contributed by atoms with Gasteiger partial charge in [-0.15, -0.1) is 0 Å². The average molecular weight is 372 g/mol. The zero-order chi connectivity index (χ0) is 19.3. The van der Waals surface area contributed by atoms with Gasteiger partial charge in [-0.05, 0) is 31.0 Å². The van der Waals surface area contributed by atoms with Crippen LogP contribution in [0.3, 0.4) is 0 Å². The second kappa shape index (κ2) is 6.43. The summed E-state index contributed by atoms with van der Waals surface area (Å²) in [6.07, 6.45) is 0.252. The zero-order valence-electron chi connectivity index (χ0n) is 14.6. The smallest absolute Gasteiger partial charge is 0.262 e. The van der Waals surface area contributed by atoms with E-state index < -0.39 is 35.8 Å². The van der Waals surface area contributed by atoms with E-state index in [1.165, 1.54) is 0 Å². The minimum absolute atomic E-state index is 0.0449. The van der Waals surface area contributed by atoms with Crippen molar-refractivity contribution >= 4 is 29.3 Å². The Balaban J connectivity index is 1.64. The van der Waals surface area contributed by atoms with Crippen molar-refractivity contribution in [2.45, 2.75) is 37.5 Å². The number of nitrogens with zero attached hydrogens (tertiary/aromatic N) is 2. The van der Waals surface area contributed by atoms with Gasteiger partial charge >= 0.3 is 0 Å². The van der Waals surface area contributed by atoms with E-state index in [-0.39, 0.29) is 30.0 Å². The standard InChI is InChI=1S/C18H20N4O5/c19-7-10-5-11(23)8-21(10)9-1-2-12-13(6-9)18(27)22(17(12)26)14-3-4-15(24)20-16(14)25/h1-2,6,10-11,14,23H,3-5,7-8,19H2,(H,20,24,25)/t10-,11-,14?/m1/s1. The van der Waals surface area contributed by atoms with E-state index >= 15 is 0 Å². The fourth-order valence-corrected chi connectivity index (χ4v) is 4.07. The van der Waals surface area contributed by atoms with E-state index in [0.717, 1.165) is 4.90 Å². The van der Waals surface area contributed by atoms with Crippen molar-refractivity contribution < 1.29 is 24.3 Å². The Hall–Kier alpha value is -2.78. The van der Waals surface area contributed by atoms with Crippen LogP contribution in [-0.2, 0) is 9.59 Å². The summed E-state index contributed by atoms with van der Waals surface area (Å²) in [6, 6.07) is 3.87. The molecule has 3 aliphatic heterocycles. The van der Waals surface area contributed by atoms with E-state index in [2.05, 4.69) is 5.32 Å². The maximum Gasteiger partial charge on any atom is 0.262 e. The summed E-state index contributed by atoms with van der Waals surface area (Å²) in [4.78, 5) is 51.9. The lowest BCUT2D eigenvalue weighted by Crippen LogP contribution is -2.54. The number of hydrogen-bond donors (Lipinski definition) is 3. The molecule has 27 heavy (non-hydrogen) atoms. The largest absolute Gasteiger partial charge is 0.391 e. The maximum absolute atomic E-state index is 12.9. The molecule has 1 aromatic rings. The van der Waals surface area contributed by atoms with Crippen LogP contribution in [-0.4, -0.2) is 64.9 Å². The van der Waals surface area contributed by atoms with Gasteiger partial charge in [0.15, 0.2) is 0 Å². The highest BCUT2D eigenvalue weighted by atomic mass is 16.3. The number of benzene rings is 1.